The molecule has 1 atom stereocenters. The molecule has 1 aromatic rings. The van der Waals surface area contributed by atoms with E-state index in [0.717, 1.165) is 23.4 Å². The van der Waals surface area contributed by atoms with Gasteiger partial charge in [0.1, 0.15) is 5.60 Å². The SMILES string of the molecule is CN(c1nc([C@H]2CCCN2C(=O)OC(C)(C)C)cs1)S(C)(=O)=O. The second-order valence-electron chi connectivity index (χ2n) is 6.62. The van der Waals surface area contributed by atoms with Crippen molar-refractivity contribution < 1.29 is 17.9 Å². The van der Waals surface area contributed by atoms with E-state index < -0.39 is 15.6 Å². The van der Waals surface area contributed by atoms with Crippen molar-refractivity contribution in [2.45, 2.75) is 45.3 Å². The monoisotopic (exact) mass is 361 g/mol. The van der Waals surface area contributed by atoms with Crippen molar-refractivity contribution >= 4 is 32.6 Å². The maximum Gasteiger partial charge on any atom is 0.410 e. The van der Waals surface area contributed by atoms with Crippen LogP contribution in [-0.2, 0) is 14.8 Å². The van der Waals surface area contributed by atoms with E-state index in [0.29, 0.717) is 17.4 Å². The fourth-order valence-electron chi connectivity index (χ4n) is 2.33. The predicted molar refractivity (Wildman–Crippen MR) is 90.3 cm³/mol. The molecule has 1 aliphatic heterocycles. The standard InChI is InChI=1S/C14H23N3O4S2/c1-14(2,3)21-13(18)17-8-6-7-11(17)10-9-22-12(15-10)16(4)23(5,19)20/h9,11H,6-8H2,1-5H3/t11-/m1/s1. The molecule has 130 valence electrons. The summed E-state index contributed by atoms with van der Waals surface area (Å²) >= 11 is 1.26. The molecule has 1 saturated heterocycles. The first-order valence-electron chi connectivity index (χ1n) is 7.38. The van der Waals surface area contributed by atoms with Crippen LogP contribution < -0.4 is 4.31 Å². The van der Waals surface area contributed by atoms with Gasteiger partial charge in [0.05, 0.1) is 18.0 Å². The number of thiazole rings is 1. The fraction of sp³-hybridized carbons (Fsp3) is 0.714. The van der Waals surface area contributed by atoms with Crippen LogP contribution >= 0.6 is 11.3 Å². The van der Waals surface area contributed by atoms with E-state index in [1.165, 1.54) is 18.4 Å². The van der Waals surface area contributed by atoms with Crippen molar-refractivity contribution in [2.75, 3.05) is 24.2 Å². The highest BCUT2D eigenvalue weighted by atomic mass is 32.2. The first-order chi connectivity index (χ1) is 10.5. The fourth-order valence-corrected chi connectivity index (χ4v) is 3.93. The van der Waals surface area contributed by atoms with Crippen LogP contribution in [0.2, 0.25) is 0 Å². The number of sulfonamides is 1. The summed E-state index contributed by atoms with van der Waals surface area (Å²) < 4.78 is 29.8. The molecule has 0 unspecified atom stereocenters. The van der Waals surface area contributed by atoms with Crippen molar-refractivity contribution in [3.63, 3.8) is 0 Å². The highest BCUT2D eigenvalue weighted by Crippen LogP contribution is 2.35. The maximum atomic E-state index is 12.3. The summed E-state index contributed by atoms with van der Waals surface area (Å²) in [7, 11) is -1.87. The van der Waals surface area contributed by atoms with Crippen molar-refractivity contribution in [2.24, 2.45) is 0 Å². The molecule has 0 aromatic carbocycles. The molecule has 1 aliphatic rings. The lowest BCUT2D eigenvalue weighted by atomic mass is 10.2. The number of anilines is 1. The molecule has 0 spiro atoms. The molecule has 1 aromatic heterocycles. The first-order valence-corrected chi connectivity index (χ1v) is 10.1. The number of carbonyl (C=O) groups excluding carboxylic acids is 1. The van der Waals surface area contributed by atoms with Crippen LogP contribution in [0.5, 0.6) is 0 Å². The zero-order chi connectivity index (χ0) is 17.4. The molecule has 1 amide bonds. The van der Waals surface area contributed by atoms with E-state index in [1.807, 2.05) is 26.2 Å². The molecule has 0 saturated carbocycles. The van der Waals surface area contributed by atoms with Crippen LogP contribution in [0.1, 0.15) is 45.3 Å². The number of likely N-dealkylation sites (tertiary alicyclic amines) is 1. The second kappa shape index (κ2) is 6.27. The van der Waals surface area contributed by atoms with Gasteiger partial charge in [0.15, 0.2) is 5.13 Å². The number of ether oxygens (including phenoxy) is 1. The van der Waals surface area contributed by atoms with Gasteiger partial charge in [0.25, 0.3) is 0 Å². The minimum atomic E-state index is -3.34. The van der Waals surface area contributed by atoms with Gasteiger partial charge in [-0.3, -0.25) is 4.90 Å². The lowest BCUT2D eigenvalue weighted by Crippen LogP contribution is -2.36. The summed E-state index contributed by atoms with van der Waals surface area (Å²) in [6, 6.07) is -0.164. The lowest BCUT2D eigenvalue weighted by Gasteiger charge is -2.27. The lowest BCUT2D eigenvalue weighted by molar-refractivity contribution is 0.0222. The van der Waals surface area contributed by atoms with E-state index in [9.17, 15) is 13.2 Å². The Bertz CT molecular complexity index is 678. The van der Waals surface area contributed by atoms with Gasteiger partial charge in [-0.25, -0.2) is 22.5 Å². The Morgan fingerprint density at radius 2 is 2.13 bits per heavy atom. The van der Waals surface area contributed by atoms with E-state index in [1.54, 1.807) is 4.90 Å². The van der Waals surface area contributed by atoms with Crippen LogP contribution in [-0.4, -0.2) is 49.8 Å². The normalized spacial score (nSPS) is 19.0. The Morgan fingerprint density at radius 3 is 2.70 bits per heavy atom. The van der Waals surface area contributed by atoms with Gasteiger partial charge in [-0.05, 0) is 33.6 Å². The number of amides is 1. The maximum absolute atomic E-state index is 12.3. The molecule has 0 bridgehead atoms. The van der Waals surface area contributed by atoms with E-state index in [4.69, 9.17) is 4.74 Å². The highest BCUT2D eigenvalue weighted by Gasteiger charge is 2.34. The zero-order valence-electron chi connectivity index (χ0n) is 14.1. The minimum absolute atomic E-state index is 0.164. The summed E-state index contributed by atoms with van der Waals surface area (Å²) in [6.07, 6.45) is 2.45. The number of nitrogens with zero attached hydrogens (tertiary/aromatic N) is 3. The van der Waals surface area contributed by atoms with Gasteiger partial charge in [-0.15, -0.1) is 11.3 Å². The topological polar surface area (TPSA) is 79.8 Å². The molecule has 2 rings (SSSR count). The predicted octanol–water partition coefficient (Wildman–Crippen LogP) is 2.61. The van der Waals surface area contributed by atoms with Crippen LogP contribution in [0.3, 0.4) is 0 Å². The third-order valence-electron chi connectivity index (χ3n) is 3.50. The molecule has 9 heteroatoms. The van der Waals surface area contributed by atoms with E-state index in [2.05, 4.69) is 4.98 Å². The molecule has 0 N–H and O–H groups in total. The summed E-state index contributed by atoms with van der Waals surface area (Å²) in [4.78, 5) is 18.4. The Hall–Kier alpha value is -1.35. The number of aromatic nitrogens is 1. The third kappa shape index (κ3) is 4.35. The first kappa shape index (κ1) is 18.0. The van der Waals surface area contributed by atoms with Crippen molar-refractivity contribution in [3.05, 3.63) is 11.1 Å². The number of carbonyl (C=O) groups is 1. The second-order valence-corrected chi connectivity index (χ2v) is 9.47. The van der Waals surface area contributed by atoms with Gasteiger partial charge in [-0.2, -0.15) is 0 Å². The van der Waals surface area contributed by atoms with Crippen LogP contribution in [0.15, 0.2) is 5.38 Å². The molecule has 1 fully saturated rings. The highest BCUT2D eigenvalue weighted by molar-refractivity contribution is 7.92. The molecular weight excluding hydrogens is 338 g/mol. The van der Waals surface area contributed by atoms with Crippen LogP contribution in [0, 0.1) is 0 Å². The van der Waals surface area contributed by atoms with Gasteiger partial charge >= 0.3 is 6.09 Å². The van der Waals surface area contributed by atoms with Crippen molar-refractivity contribution in [1.82, 2.24) is 9.88 Å². The van der Waals surface area contributed by atoms with Gasteiger partial charge < -0.3 is 4.74 Å². The number of rotatable bonds is 3. The molecule has 0 aliphatic carbocycles. The van der Waals surface area contributed by atoms with Crippen molar-refractivity contribution in [1.29, 1.82) is 0 Å². The average Bonchev–Trinajstić information content (AvgIpc) is 3.03. The number of hydrogen-bond acceptors (Lipinski definition) is 6. The molecule has 23 heavy (non-hydrogen) atoms. The van der Waals surface area contributed by atoms with Gasteiger partial charge in [-0.1, -0.05) is 0 Å². The zero-order valence-corrected chi connectivity index (χ0v) is 15.7. The summed E-state index contributed by atoms with van der Waals surface area (Å²) in [5.74, 6) is 0. The summed E-state index contributed by atoms with van der Waals surface area (Å²) in [6.45, 7) is 6.11. The van der Waals surface area contributed by atoms with Gasteiger partial charge in [0.2, 0.25) is 10.0 Å². The largest absolute Gasteiger partial charge is 0.444 e. The van der Waals surface area contributed by atoms with E-state index >= 15 is 0 Å². The van der Waals surface area contributed by atoms with Crippen LogP contribution in [0.4, 0.5) is 9.93 Å². The van der Waals surface area contributed by atoms with Gasteiger partial charge in [0, 0.05) is 19.0 Å². The third-order valence-corrected chi connectivity index (χ3v) is 5.72. The Balaban J connectivity index is 2.18. The average molecular weight is 361 g/mol. The Morgan fingerprint density at radius 1 is 1.48 bits per heavy atom. The van der Waals surface area contributed by atoms with E-state index in [-0.39, 0.29) is 12.1 Å². The molecule has 0 radical (unpaired) electrons. The quantitative estimate of drug-likeness (QED) is 0.827. The summed E-state index contributed by atoms with van der Waals surface area (Å²) in [5, 5.41) is 2.21. The molecule has 7 nitrogen and oxygen atoms in total. The smallest absolute Gasteiger partial charge is 0.410 e. The molecule has 2 heterocycles. The number of hydrogen-bond donors (Lipinski definition) is 0. The summed E-state index contributed by atoms with van der Waals surface area (Å²) in [5.41, 5.74) is 0.164. The Labute approximate surface area is 141 Å². The van der Waals surface area contributed by atoms with Crippen molar-refractivity contribution in [3.8, 4) is 0 Å². The molecular formula is C14H23N3O4S2. The van der Waals surface area contributed by atoms with Crippen LogP contribution in [0.25, 0.3) is 0 Å². The Kier molecular flexibility index (Phi) is 4.91. The minimum Gasteiger partial charge on any atom is -0.444 e.